The molecule has 0 radical (unpaired) electrons. The molecule has 2 aromatic heterocycles. The third-order valence-corrected chi connectivity index (χ3v) is 4.49. The second-order valence-electron chi connectivity index (χ2n) is 6.21. The van der Waals surface area contributed by atoms with E-state index >= 15 is 0 Å². The molecule has 0 N–H and O–H groups in total. The largest absolute Gasteiger partial charge is 0.403 e. The van der Waals surface area contributed by atoms with Crippen LogP contribution in [0.5, 0.6) is 0 Å². The van der Waals surface area contributed by atoms with E-state index in [1.165, 1.54) is 0 Å². The highest BCUT2D eigenvalue weighted by atomic mass is 16.4. The SMILES string of the molecule is O=c1oc(C2=CC=C(c3nc4ccccc4c(=O)o3)C2)nc2ccccc12. The van der Waals surface area contributed by atoms with Crippen molar-refractivity contribution in [3.05, 3.63) is 93.3 Å². The highest BCUT2D eigenvalue weighted by Crippen LogP contribution is 2.32. The van der Waals surface area contributed by atoms with Crippen molar-refractivity contribution in [2.75, 3.05) is 0 Å². The van der Waals surface area contributed by atoms with Gasteiger partial charge in [0, 0.05) is 17.6 Å². The number of fused-ring (bicyclic) bond motifs is 2. The van der Waals surface area contributed by atoms with Crippen LogP contribution in [0.4, 0.5) is 0 Å². The number of rotatable bonds is 2. The van der Waals surface area contributed by atoms with Gasteiger partial charge in [0.05, 0.1) is 21.8 Å². The van der Waals surface area contributed by atoms with Crippen LogP contribution in [-0.4, -0.2) is 9.97 Å². The number of nitrogens with zero attached hydrogens (tertiary/aromatic N) is 2. The van der Waals surface area contributed by atoms with Gasteiger partial charge in [0.2, 0.25) is 11.8 Å². The molecular weight excluding hydrogens is 344 g/mol. The van der Waals surface area contributed by atoms with Gasteiger partial charge in [-0.05, 0) is 24.3 Å². The van der Waals surface area contributed by atoms with Crippen LogP contribution in [0.1, 0.15) is 18.2 Å². The van der Waals surface area contributed by atoms with E-state index in [0.717, 1.165) is 11.1 Å². The van der Waals surface area contributed by atoms with Gasteiger partial charge in [0.1, 0.15) is 0 Å². The smallest absolute Gasteiger partial charge is 0.347 e. The maximum absolute atomic E-state index is 12.2. The lowest BCUT2D eigenvalue weighted by Gasteiger charge is -2.05. The fourth-order valence-electron chi connectivity index (χ4n) is 3.13. The van der Waals surface area contributed by atoms with Gasteiger partial charge in [-0.25, -0.2) is 19.6 Å². The summed E-state index contributed by atoms with van der Waals surface area (Å²) in [6, 6.07) is 14.1. The molecule has 4 aromatic rings. The maximum Gasteiger partial charge on any atom is 0.347 e. The molecule has 1 aliphatic rings. The summed E-state index contributed by atoms with van der Waals surface area (Å²) < 4.78 is 10.7. The molecule has 0 saturated heterocycles. The zero-order valence-corrected chi connectivity index (χ0v) is 14.0. The van der Waals surface area contributed by atoms with Crippen LogP contribution < -0.4 is 11.3 Å². The van der Waals surface area contributed by atoms with E-state index in [2.05, 4.69) is 9.97 Å². The zero-order chi connectivity index (χ0) is 18.4. The standard InChI is InChI=1S/C21H12N2O4/c24-20-14-5-1-3-7-16(14)22-18(26-20)12-9-10-13(11-12)19-23-17-8-4-2-6-15(17)21(25)27-19/h1-10H,11H2. The first-order valence-electron chi connectivity index (χ1n) is 8.39. The number of hydrogen-bond donors (Lipinski definition) is 0. The zero-order valence-electron chi connectivity index (χ0n) is 14.0. The van der Waals surface area contributed by atoms with Crippen molar-refractivity contribution in [3.63, 3.8) is 0 Å². The molecule has 6 nitrogen and oxygen atoms in total. The lowest BCUT2D eigenvalue weighted by atomic mass is 10.1. The quantitative estimate of drug-likeness (QED) is 0.546. The van der Waals surface area contributed by atoms with E-state index in [9.17, 15) is 9.59 Å². The van der Waals surface area contributed by atoms with Gasteiger partial charge in [-0.2, -0.15) is 0 Å². The predicted molar refractivity (Wildman–Crippen MR) is 101 cm³/mol. The Bertz CT molecular complexity index is 1290. The van der Waals surface area contributed by atoms with Gasteiger partial charge in [0.15, 0.2) is 0 Å². The van der Waals surface area contributed by atoms with E-state index in [1.54, 1.807) is 48.6 Å². The summed E-state index contributed by atoms with van der Waals surface area (Å²) >= 11 is 0. The average molecular weight is 356 g/mol. The van der Waals surface area contributed by atoms with Crippen LogP contribution >= 0.6 is 0 Å². The van der Waals surface area contributed by atoms with Gasteiger partial charge in [-0.15, -0.1) is 0 Å². The molecule has 2 heterocycles. The highest BCUT2D eigenvalue weighted by molar-refractivity contribution is 5.85. The van der Waals surface area contributed by atoms with Gasteiger partial charge < -0.3 is 8.83 Å². The molecule has 27 heavy (non-hydrogen) atoms. The van der Waals surface area contributed by atoms with Crippen molar-refractivity contribution >= 4 is 33.0 Å². The highest BCUT2D eigenvalue weighted by Gasteiger charge is 2.20. The van der Waals surface area contributed by atoms with Gasteiger partial charge >= 0.3 is 11.3 Å². The number of para-hydroxylation sites is 2. The Morgan fingerprint density at radius 2 is 1.11 bits per heavy atom. The lowest BCUT2D eigenvalue weighted by Crippen LogP contribution is -2.05. The third kappa shape index (κ3) is 2.58. The molecule has 2 aromatic carbocycles. The lowest BCUT2D eigenvalue weighted by molar-refractivity contribution is 0.481. The molecule has 0 spiro atoms. The summed E-state index contributed by atoms with van der Waals surface area (Å²) in [6.45, 7) is 0. The molecule has 0 atom stereocenters. The van der Waals surface area contributed by atoms with Crippen LogP contribution in [0.25, 0.3) is 33.0 Å². The molecule has 0 aliphatic heterocycles. The summed E-state index contributed by atoms with van der Waals surface area (Å²) in [5.74, 6) is 0.515. The first kappa shape index (κ1) is 15.5. The molecule has 6 heteroatoms. The molecular formula is C21H12N2O4. The molecule has 130 valence electrons. The summed E-state index contributed by atoms with van der Waals surface area (Å²) in [5, 5.41) is 0.880. The van der Waals surface area contributed by atoms with E-state index in [4.69, 9.17) is 8.83 Å². The average Bonchev–Trinajstić information content (AvgIpc) is 3.18. The molecule has 0 unspecified atom stereocenters. The number of aromatic nitrogens is 2. The molecule has 5 rings (SSSR count). The predicted octanol–water partition coefficient (Wildman–Crippen LogP) is 3.56. The summed E-state index contributed by atoms with van der Waals surface area (Å²) in [6.07, 6.45) is 4.00. The van der Waals surface area contributed by atoms with Crippen molar-refractivity contribution in [2.45, 2.75) is 6.42 Å². The Morgan fingerprint density at radius 1 is 0.667 bits per heavy atom. The van der Waals surface area contributed by atoms with Crippen molar-refractivity contribution in [1.29, 1.82) is 0 Å². The second kappa shape index (κ2) is 5.88. The second-order valence-corrected chi connectivity index (χ2v) is 6.21. The molecule has 0 fully saturated rings. The van der Waals surface area contributed by atoms with E-state index in [-0.39, 0.29) is 11.8 Å². The minimum Gasteiger partial charge on any atom is -0.403 e. The number of hydrogen-bond acceptors (Lipinski definition) is 6. The fourth-order valence-corrected chi connectivity index (χ4v) is 3.13. The van der Waals surface area contributed by atoms with Crippen molar-refractivity contribution < 1.29 is 8.83 Å². The third-order valence-electron chi connectivity index (χ3n) is 4.49. The van der Waals surface area contributed by atoms with E-state index < -0.39 is 11.3 Å². The Morgan fingerprint density at radius 3 is 1.59 bits per heavy atom. The van der Waals surface area contributed by atoms with Crippen LogP contribution in [-0.2, 0) is 0 Å². The fraction of sp³-hybridized carbons (Fsp3) is 0.0476. The first-order valence-corrected chi connectivity index (χ1v) is 8.39. The number of benzene rings is 2. The van der Waals surface area contributed by atoms with Crippen molar-refractivity contribution in [3.8, 4) is 0 Å². The van der Waals surface area contributed by atoms with Gasteiger partial charge in [0.25, 0.3) is 0 Å². The monoisotopic (exact) mass is 356 g/mol. The van der Waals surface area contributed by atoms with Crippen LogP contribution in [0, 0.1) is 0 Å². The normalized spacial score (nSPS) is 13.8. The number of allylic oxidation sites excluding steroid dienone is 4. The van der Waals surface area contributed by atoms with Gasteiger partial charge in [-0.1, -0.05) is 36.4 Å². The molecule has 1 aliphatic carbocycles. The molecule has 0 bridgehead atoms. The molecule has 0 amide bonds. The summed E-state index contributed by atoms with van der Waals surface area (Å²) in [7, 11) is 0. The van der Waals surface area contributed by atoms with Crippen molar-refractivity contribution in [2.24, 2.45) is 0 Å². The Balaban J connectivity index is 1.51. The maximum atomic E-state index is 12.2. The Labute approximate surface area is 152 Å². The van der Waals surface area contributed by atoms with Gasteiger partial charge in [-0.3, -0.25) is 0 Å². The minimum atomic E-state index is -0.430. The van der Waals surface area contributed by atoms with E-state index in [1.807, 2.05) is 12.1 Å². The minimum absolute atomic E-state index is 0.257. The van der Waals surface area contributed by atoms with E-state index in [0.29, 0.717) is 28.2 Å². The Hall–Kier alpha value is -3.80. The molecule has 0 saturated carbocycles. The van der Waals surface area contributed by atoms with Crippen molar-refractivity contribution in [1.82, 2.24) is 9.97 Å². The first-order chi connectivity index (χ1) is 13.2. The van der Waals surface area contributed by atoms with Crippen LogP contribution in [0.15, 0.2) is 79.1 Å². The summed E-state index contributed by atoms with van der Waals surface area (Å²) in [4.78, 5) is 33.2. The topological polar surface area (TPSA) is 86.2 Å². The van der Waals surface area contributed by atoms with Crippen LogP contribution in [0.3, 0.4) is 0 Å². The Kier molecular flexibility index (Phi) is 3.36. The summed E-state index contributed by atoms with van der Waals surface area (Å²) in [5.41, 5.74) is 1.75. The van der Waals surface area contributed by atoms with Crippen LogP contribution in [0.2, 0.25) is 0 Å².